The third kappa shape index (κ3) is 6.15. The van der Waals surface area contributed by atoms with Crippen LogP contribution in [0.15, 0.2) is 97.2 Å². The summed E-state index contributed by atoms with van der Waals surface area (Å²) < 4.78 is 11.7. The Morgan fingerprint density at radius 1 is 0.719 bits per heavy atom. The molecule has 2 aromatic carbocycles. The predicted octanol–water partition coefficient (Wildman–Crippen LogP) is 5.30. The van der Waals surface area contributed by atoms with Crippen LogP contribution in [-0.4, -0.2) is 15.1 Å². The monoisotopic (exact) mass is 426 g/mol. The largest absolute Gasteiger partial charge is 0.473 e. The fourth-order valence-corrected chi connectivity index (χ4v) is 3.35. The summed E-state index contributed by atoms with van der Waals surface area (Å²) in [6.45, 7) is 0.873. The van der Waals surface area contributed by atoms with Crippen LogP contribution in [0, 0.1) is 0 Å². The first kappa shape index (κ1) is 21.5. The van der Waals surface area contributed by atoms with E-state index >= 15 is 0 Å². The van der Waals surface area contributed by atoms with Gasteiger partial charge >= 0.3 is 0 Å². The van der Waals surface area contributed by atoms with E-state index < -0.39 is 6.10 Å². The Kier molecular flexibility index (Phi) is 7.45. The Bertz CT molecular complexity index is 1100. The highest BCUT2D eigenvalue weighted by atomic mass is 16.5. The first-order chi connectivity index (χ1) is 15.8. The number of aliphatic hydroxyl groups is 1. The summed E-state index contributed by atoms with van der Waals surface area (Å²) in [5.74, 6) is 1.03. The van der Waals surface area contributed by atoms with Gasteiger partial charge in [0.2, 0.25) is 11.8 Å². The number of aliphatic hydroxyl groups excluding tert-OH is 1. The SMILES string of the molecule is OC(CCc1cccc(OCc2ccccc2)n1)c1cccnc1OCc1ccccc1. The number of aryl methyl sites for hydroxylation is 1. The summed E-state index contributed by atoms with van der Waals surface area (Å²) in [6.07, 6.45) is 2.08. The van der Waals surface area contributed by atoms with Crippen molar-refractivity contribution in [1.29, 1.82) is 0 Å². The van der Waals surface area contributed by atoms with E-state index in [1.54, 1.807) is 6.20 Å². The van der Waals surface area contributed by atoms with E-state index in [9.17, 15) is 5.11 Å². The molecular formula is C27H26N2O3. The maximum absolute atomic E-state index is 10.8. The van der Waals surface area contributed by atoms with Crippen LogP contribution in [-0.2, 0) is 19.6 Å². The molecule has 5 heteroatoms. The van der Waals surface area contributed by atoms with Crippen LogP contribution < -0.4 is 9.47 Å². The lowest BCUT2D eigenvalue weighted by Gasteiger charge is -2.15. The number of benzene rings is 2. The number of pyridine rings is 2. The molecule has 5 nitrogen and oxygen atoms in total. The molecule has 2 aromatic heterocycles. The van der Waals surface area contributed by atoms with Crippen LogP contribution in [0.3, 0.4) is 0 Å². The molecule has 1 N–H and O–H groups in total. The molecule has 4 rings (SSSR count). The zero-order chi connectivity index (χ0) is 22.0. The number of hydrogen-bond acceptors (Lipinski definition) is 5. The van der Waals surface area contributed by atoms with E-state index in [0.29, 0.717) is 43.4 Å². The van der Waals surface area contributed by atoms with E-state index in [-0.39, 0.29) is 0 Å². The Morgan fingerprint density at radius 2 is 1.41 bits per heavy atom. The van der Waals surface area contributed by atoms with Crippen molar-refractivity contribution in [3.8, 4) is 11.8 Å². The normalized spacial score (nSPS) is 11.7. The van der Waals surface area contributed by atoms with Gasteiger partial charge in [0.05, 0.1) is 6.10 Å². The summed E-state index contributed by atoms with van der Waals surface area (Å²) in [7, 11) is 0. The molecule has 162 valence electrons. The second-order valence-corrected chi connectivity index (χ2v) is 7.47. The molecule has 0 spiro atoms. The number of aromatic nitrogens is 2. The highest BCUT2D eigenvalue weighted by molar-refractivity contribution is 5.28. The molecule has 0 radical (unpaired) electrons. The van der Waals surface area contributed by atoms with Gasteiger partial charge in [-0.2, -0.15) is 0 Å². The maximum atomic E-state index is 10.8. The fourth-order valence-electron chi connectivity index (χ4n) is 3.35. The molecule has 2 heterocycles. The Hall–Kier alpha value is -3.70. The topological polar surface area (TPSA) is 64.5 Å². The van der Waals surface area contributed by atoms with E-state index in [2.05, 4.69) is 9.97 Å². The second-order valence-electron chi connectivity index (χ2n) is 7.47. The van der Waals surface area contributed by atoms with Gasteiger partial charge in [-0.25, -0.2) is 9.97 Å². The van der Waals surface area contributed by atoms with Crippen molar-refractivity contribution in [3.05, 3.63) is 120 Å². The molecule has 0 aliphatic heterocycles. The van der Waals surface area contributed by atoms with Gasteiger partial charge in [-0.3, -0.25) is 0 Å². The number of nitrogens with zero attached hydrogens (tertiary/aromatic N) is 2. The van der Waals surface area contributed by atoms with Gasteiger partial charge in [-0.1, -0.05) is 66.7 Å². The molecule has 0 saturated carbocycles. The molecular weight excluding hydrogens is 400 g/mol. The number of ether oxygens (including phenoxy) is 2. The summed E-state index contributed by atoms with van der Waals surface area (Å²) in [5, 5.41) is 10.8. The van der Waals surface area contributed by atoms with Crippen molar-refractivity contribution < 1.29 is 14.6 Å². The molecule has 0 aliphatic rings. The molecule has 32 heavy (non-hydrogen) atoms. The van der Waals surface area contributed by atoms with Crippen molar-refractivity contribution >= 4 is 0 Å². The van der Waals surface area contributed by atoms with Crippen LogP contribution in [0.2, 0.25) is 0 Å². The molecule has 0 saturated heterocycles. The lowest BCUT2D eigenvalue weighted by atomic mass is 10.0. The third-order valence-corrected chi connectivity index (χ3v) is 5.06. The number of hydrogen-bond donors (Lipinski definition) is 1. The zero-order valence-corrected chi connectivity index (χ0v) is 17.8. The Morgan fingerprint density at radius 3 is 2.12 bits per heavy atom. The minimum atomic E-state index is -0.704. The average molecular weight is 427 g/mol. The minimum Gasteiger partial charge on any atom is -0.473 e. The quantitative estimate of drug-likeness (QED) is 0.373. The maximum Gasteiger partial charge on any atom is 0.219 e. The molecule has 0 aliphatic carbocycles. The van der Waals surface area contributed by atoms with Crippen LogP contribution in [0.5, 0.6) is 11.8 Å². The number of rotatable bonds is 10. The molecule has 0 amide bonds. The van der Waals surface area contributed by atoms with Crippen LogP contribution in [0.25, 0.3) is 0 Å². The summed E-state index contributed by atoms with van der Waals surface area (Å²) in [6, 6.07) is 29.3. The Balaban J connectivity index is 1.34. The van der Waals surface area contributed by atoms with Gasteiger partial charge in [-0.15, -0.1) is 0 Å². The van der Waals surface area contributed by atoms with Gasteiger partial charge in [-0.05, 0) is 42.2 Å². The molecule has 0 fully saturated rings. The Labute approximate surface area is 188 Å². The van der Waals surface area contributed by atoms with Crippen molar-refractivity contribution in [3.63, 3.8) is 0 Å². The van der Waals surface area contributed by atoms with Crippen LogP contribution >= 0.6 is 0 Å². The van der Waals surface area contributed by atoms with E-state index in [4.69, 9.17) is 9.47 Å². The van der Waals surface area contributed by atoms with Gasteiger partial charge < -0.3 is 14.6 Å². The van der Waals surface area contributed by atoms with Crippen molar-refractivity contribution in [1.82, 2.24) is 9.97 Å². The highest BCUT2D eigenvalue weighted by Crippen LogP contribution is 2.27. The molecule has 4 aromatic rings. The first-order valence-corrected chi connectivity index (χ1v) is 10.7. The van der Waals surface area contributed by atoms with E-state index in [1.165, 1.54) is 0 Å². The highest BCUT2D eigenvalue weighted by Gasteiger charge is 2.15. The van der Waals surface area contributed by atoms with Gasteiger partial charge in [0.1, 0.15) is 13.2 Å². The van der Waals surface area contributed by atoms with Gasteiger partial charge in [0.25, 0.3) is 0 Å². The van der Waals surface area contributed by atoms with E-state index in [0.717, 1.165) is 16.8 Å². The predicted molar refractivity (Wildman–Crippen MR) is 123 cm³/mol. The van der Waals surface area contributed by atoms with Crippen LogP contribution in [0.1, 0.15) is 34.9 Å². The van der Waals surface area contributed by atoms with Crippen molar-refractivity contribution in [2.75, 3.05) is 0 Å². The van der Waals surface area contributed by atoms with Gasteiger partial charge in [0, 0.05) is 23.5 Å². The van der Waals surface area contributed by atoms with Gasteiger partial charge in [0.15, 0.2) is 0 Å². The smallest absolute Gasteiger partial charge is 0.219 e. The van der Waals surface area contributed by atoms with Crippen molar-refractivity contribution in [2.45, 2.75) is 32.2 Å². The lowest BCUT2D eigenvalue weighted by Crippen LogP contribution is -2.06. The zero-order valence-electron chi connectivity index (χ0n) is 17.8. The van der Waals surface area contributed by atoms with E-state index in [1.807, 2.05) is 91.0 Å². The summed E-state index contributed by atoms with van der Waals surface area (Å²) in [5.41, 5.74) is 3.69. The first-order valence-electron chi connectivity index (χ1n) is 10.7. The average Bonchev–Trinajstić information content (AvgIpc) is 2.86. The summed E-state index contributed by atoms with van der Waals surface area (Å²) in [4.78, 5) is 8.89. The molecule has 1 unspecified atom stereocenters. The third-order valence-electron chi connectivity index (χ3n) is 5.06. The minimum absolute atomic E-state index is 0.403. The summed E-state index contributed by atoms with van der Waals surface area (Å²) >= 11 is 0. The standard InChI is InChI=1S/C27H26N2O3/c30-25(24-14-8-18-28-27(24)32-20-22-11-5-2-6-12-22)17-16-23-13-7-15-26(29-23)31-19-21-9-3-1-4-10-21/h1-15,18,25,30H,16-17,19-20H2. The molecule has 1 atom stereocenters. The fraction of sp³-hybridized carbons (Fsp3) is 0.185. The second kappa shape index (κ2) is 11.1. The molecule has 0 bridgehead atoms. The lowest BCUT2D eigenvalue weighted by molar-refractivity contribution is 0.159. The van der Waals surface area contributed by atoms with Crippen molar-refractivity contribution in [2.24, 2.45) is 0 Å². The van der Waals surface area contributed by atoms with Crippen LogP contribution in [0.4, 0.5) is 0 Å².